The Bertz CT molecular complexity index is 591. The second-order valence-corrected chi connectivity index (χ2v) is 4.48. The van der Waals surface area contributed by atoms with Gasteiger partial charge in [-0.25, -0.2) is 4.79 Å². The fraction of sp³-hybridized carbons (Fsp3) is 0.267. The van der Waals surface area contributed by atoms with Crippen molar-refractivity contribution in [3.63, 3.8) is 0 Å². The van der Waals surface area contributed by atoms with Gasteiger partial charge in [0.2, 0.25) is 5.76 Å². The zero-order valence-corrected chi connectivity index (χ0v) is 11.2. The highest BCUT2D eigenvalue weighted by Crippen LogP contribution is 2.24. The van der Waals surface area contributed by atoms with Gasteiger partial charge in [0, 0.05) is 12.3 Å². The molecule has 0 saturated carbocycles. The van der Waals surface area contributed by atoms with Crippen molar-refractivity contribution < 1.29 is 19.1 Å². The minimum absolute atomic E-state index is 0.0536. The van der Waals surface area contributed by atoms with Crippen molar-refractivity contribution in [3.05, 3.63) is 53.5 Å². The second-order valence-electron chi connectivity index (χ2n) is 4.48. The smallest absolute Gasteiger partial charge is 0.371 e. The van der Waals surface area contributed by atoms with Crippen LogP contribution in [0.15, 0.2) is 40.8 Å². The summed E-state index contributed by atoms with van der Waals surface area (Å²) in [5.41, 5.74) is 6.85. The van der Waals surface area contributed by atoms with E-state index in [2.05, 4.69) is 0 Å². The first kappa shape index (κ1) is 14.1. The molecule has 1 aromatic heterocycles. The van der Waals surface area contributed by atoms with E-state index in [1.165, 1.54) is 6.07 Å². The van der Waals surface area contributed by atoms with Crippen molar-refractivity contribution in [2.75, 3.05) is 13.7 Å². The Morgan fingerprint density at radius 1 is 1.40 bits per heavy atom. The van der Waals surface area contributed by atoms with Gasteiger partial charge in [-0.2, -0.15) is 0 Å². The molecule has 0 fully saturated rings. The van der Waals surface area contributed by atoms with Crippen molar-refractivity contribution >= 4 is 5.97 Å². The monoisotopic (exact) mass is 275 g/mol. The minimum Gasteiger partial charge on any atom is -0.497 e. The fourth-order valence-corrected chi connectivity index (χ4v) is 2.08. The van der Waals surface area contributed by atoms with Gasteiger partial charge in [0.15, 0.2) is 0 Å². The van der Waals surface area contributed by atoms with Gasteiger partial charge < -0.3 is 20.0 Å². The van der Waals surface area contributed by atoms with E-state index < -0.39 is 5.97 Å². The summed E-state index contributed by atoms with van der Waals surface area (Å²) in [6, 6.07) is 10.8. The van der Waals surface area contributed by atoms with Crippen molar-refractivity contribution in [2.45, 2.75) is 12.3 Å². The SMILES string of the molecule is COc1cccc(C(CN)Cc2ccc(C(=O)O)o2)c1. The molecule has 1 heterocycles. The van der Waals surface area contributed by atoms with Crippen LogP contribution in [0.25, 0.3) is 0 Å². The summed E-state index contributed by atoms with van der Waals surface area (Å²) >= 11 is 0. The van der Waals surface area contributed by atoms with Crippen LogP contribution in [0.3, 0.4) is 0 Å². The first-order valence-electron chi connectivity index (χ1n) is 6.30. The summed E-state index contributed by atoms with van der Waals surface area (Å²) in [6.45, 7) is 0.441. The number of methoxy groups -OCH3 is 1. The molecule has 0 saturated heterocycles. The fourth-order valence-electron chi connectivity index (χ4n) is 2.08. The Labute approximate surface area is 117 Å². The summed E-state index contributed by atoms with van der Waals surface area (Å²) in [4.78, 5) is 10.8. The molecule has 0 aliphatic heterocycles. The molecule has 0 bridgehead atoms. The predicted molar refractivity (Wildman–Crippen MR) is 74.2 cm³/mol. The van der Waals surface area contributed by atoms with E-state index >= 15 is 0 Å². The molecule has 2 rings (SSSR count). The zero-order valence-electron chi connectivity index (χ0n) is 11.2. The van der Waals surface area contributed by atoms with Crippen molar-refractivity contribution in [1.82, 2.24) is 0 Å². The van der Waals surface area contributed by atoms with Crippen LogP contribution in [0.1, 0.15) is 27.8 Å². The van der Waals surface area contributed by atoms with E-state index in [0.29, 0.717) is 18.7 Å². The molecule has 0 aliphatic carbocycles. The van der Waals surface area contributed by atoms with Crippen LogP contribution in [-0.4, -0.2) is 24.7 Å². The second kappa shape index (κ2) is 6.25. The van der Waals surface area contributed by atoms with Crippen LogP contribution in [0.5, 0.6) is 5.75 Å². The largest absolute Gasteiger partial charge is 0.497 e. The lowest BCUT2D eigenvalue weighted by molar-refractivity contribution is 0.0660. The Kier molecular flexibility index (Phi) is 4.42. The summed E-state index contributed by atoms with van der Waals surface area (Å²) in [7, 11) is 1.61. The first-order valence-corrected chi connectivity index (χ1v) is 6.30. The number of ether oxygens (including phenoxy) is 1. The van der Waals surface area contributed by atoms with Crippen LogP contribution in [0.2, 0.25) is 0 Å². The summed E-state index contributed by atoms with van der Waals surface area (Å²) in [6.07, 6.45) is 0.553. The molecule has 106 valence electrons. The molecule has 20 heavy (non-hydrogen) atoms. The van der Waals surface area contributed by atoms with Crippen LogP contribution in [-0.2, 0) is 6.42 Å². The molecule has 3 N–H and O–H groups in total. The maximum atomic E-state index is 10.8. The highest BCUT2D eigenvalue weighted by molar-refractivity contribution is 5.84. The topological polar surface area (TPSA) is 85.7 Å². The number of carboxylic acids is 1. The Morgan fingerprint density at radius 3 is 2.80 bits per heavy atom. The number of benzene rings is 1. The molecular formula is C15H17NO4. The third-order valence-electron chi connectivity index (χ3n) is 3.17. The highest BCUT2D eigenvalue weighted by Gasteiger charge is 2.15. The van der Waals surface area contributed by atoms with Crippen molar-refractivity contribution in [2.24, 2.45) is 5.73 Å². The number of carboxylic acid groups (broad SMARTS) is 1. The van der Waals surface area contributed by atoms with Gasteiger partial charge >= 0.3 is 5.97 Å². The van der Waals surface area contributed by atoms with Crippen molar-refractivity contribution in [1.29, 1.82) is 0 Å². The van der Waals surface area contributed by atoms with Crippen LogP contribution in [0.4, 0.5) is 0 Å². The molecule has 2 aromatic rings. The lowest BCUT2D eigenvalue weighted by Gasteiger charge is -2.14. The number of rotatable bonds is 6. The summed E-state index contributed by atoms with van der Waals surface area (Å²) in [5, 5.41) is 8.84. The van der Waals surface area contributed by atoms with Gasteiger partial charge in [0.05, 0.1) is 7.11 Å². The maximum Gasteiger partial charge on any atom is 0.371 e. The van der Waals surface area contributed by atoms with Crippen LogP contribution in [0, 0.1) is 0 Å². The molecule has 1 unspecified atom stereocenters. The Hall–Kier alpha value is -2.27. The first-order chi connectivity index (χ1) is 9.63. The highest BCUT2D eigenvalue weighted by atomic mass is 16.5. The molecule has 0 radical (unpaired) electrons. The van der Waals surface area contributed by atoms with Crippen LogP contribution >= 0.6 is 0 Å². The predicted octanol–water partition coefficient (Wildman–Crippen LogP) is 2.27. The molecule has 1 atom stereocenters. The number of hydrogen-bond acceptors (Lipinski definition) is 4. The summed E-state index contributed by atoms with van der Waals surface area (Å²) < 4.78 is 10.5. The van der Waals surface area contributed by atoms with E-state index in [4.69, 9.17) is 20.0 Å². The third-order valence-corrected chi connectivity index (χ3v) is 3.17. The van der Waals surface area contributed by atoms with Gasteiger partial charge in [-0.1, -0.05) is 12.1 Å². The van der Waals surface area contributed by atoms with Crippen molar-refractivity contribution in [3.8, 4) is 5.75 Å². The van der Waals surface area contributed by atoms with E-state index in [-0.39, 0.29) is 11.7 Å². The molecule has 0 amide bonds. The average Bonchev–Trinajstić information content (AvgIpc) is 2.93. The third kappa shape index (κ3) is 3.19. The van der Waals surface area contributed by atoms with E-state index in [1.807, 2.05) is 24.3 Å². The number of nitrogens with two attached hydrogens (primary N) is 1. The standard InChI is InChI=1S/C15H17NO4/c1-19-12-4-2-3-10(7-12)11(9-16)8-13-5-6-14(20-13)15(17)18/h2-7,11H,8-9,16H2,1H3,(H,17,18). The van der Waals surface area contributed by atoms with E-state index in [1.54, 1.807) is 13.2 Å². The van der Waals surface area contributed by atoms with Gasteiger partial charge in [-0.15, -0.1) is 0 Å². The van der Waals surface area contributed by atoms with Gasteiger partial charge in [0.1, 0.15) is 11.5 Å². The minimum atomic E-state index is -1.07. The summed E-state index contributed by atoms with van der Waals surface area (Å²) in [5.74, 6) is 0.313. The Morgan fingerprint density at radius 2 is 2.20 bits per heavy atom. The molecule has 5 nitrogen and oxygen atoms in total. The lowest BCUT2D eigenvalue weighted by Crippen LogP contribution is -2.14. The van der Waals surface area contributed by atoms with Crippen LogP contribution < -0.4 is 10.5 Å². The molecule has 0 aliphatic rings. The normalized spacial score (nSPS) is 12.1. The van der Waals surface area contributed by atoms with E-state index in [0.717, 1.165) is 11.3 Å². The van der Waals surface area contributed by atoms with Gasteiger partial charge in [0.25, 0.3) is 0 Å². The number of furan rings is 1. The zero-order chi connectivity index (χ0) is 14.5. The van der Waals surface area contributed by atoms with Gasteiger partial charge in [-0.05, 0) is 36.4 Å². The van der Waals surface area contributed by atoms with E-state index in [9.17, 15) is 4.79 Å². The Balaban J connectivity index is 2.17. The lowest BCUT2D eigenvalue weighted by atomic mass is 9.94. The average molecular weight is 275 g/mol. The molecule has 1 aromatic carbocycles. The number of hydrogen-bond donors (Lipinski definition) is 2. The quantitative estimate of drug-likeness (QED) is 0.844. The number of aromatic carboxylic acids is 1. The maximum absolute atomic E-state index is 10.8. The molecule has 0 spiro atoms. The molecular weight excluding hydrogens is 258 g/mol. The molecule has 5 heteroatoms. The number of carbonyl (C=O) groups is 1. The van der Waals surface area contributed by atoms with Gasteiger partial charge in [-0.3, -0.25) is 0 Å².